The quantitative estimate of drug-likeness (QED) is 0.905. The second-order valence-electron chi connectivity index (χ2n) is 4.37. The van der Waals surface area contributed by atoms with Crippen LogP contribution < -0.4 is 9.64 Å². The van der Waals surface area contributed by atoms with Gasteiger partial charge in [-0.1, -0.05) is 6.07 Å². The standard InChI is InChI=1S/C15H16N2O3/c1-17(12-6-8-13(20-2)9-7-12)10-11-4-3-5-14(16-11)15(18)19/h3-9H,10H2,1-2H3,(H,18,19). The van der Waals surface area contributed by atoms with Crippen LogP contribution in [0.25, 0.3) is 0 Å². The molecule has 2 rings (SSSR count). The molecule has 5 nitrogen and oxygen atoms in total. The first-order valence-electron chi connectivity index (χ1n) is 6.14. The zero-order valence-corrected chi connectivity index (χ0v) is 11.4. The fourth-order valence-corrected chi connectivity index (χ4v) is 1.86. The third kappa shape index (κ3) is 3.26. The molecular weight excluding hydrogens is 256 g/mol. The lowest BCUT2D eigenvalue weighted by Gasteiger charge is -2.19. The molecule has 0 unspecified atom stereocenters. The Morgan fingerprint density at radius 3 is 2.55 bits per heavy atom. The summed E-state index contributed by atoms with van der Waals surface area (Å²) >= 11 is 0. The van der Waals surface area contributed by atoms with Crippen LogP contribution in [-0.2, 0) is 6.54 Å². The summed E-state index contributed by atoms with van der Waals surface area (Å²) < 4.78 is 5.11. The molecule has 1 heterocycles. The molecule has 0 radical (unpaired) electrons. The van der Waals surface area contributed by atoms with Gasteiger partial charge in [0.25, 0.3) is 0 Å². The molecule has 0 aliphatic carbocycles. The molecule has 104 valence electrons. The molecule has 20 heavy (non-hydrogen) atoms. The van der Waals surface area contributed by atoms with Crippen LogP contribution in [0.15, 0.2) is 42.5 Å². The van der Waals surface area contributed by atoms with E-state index < -0.39 is 5.97 Å². The van der Waals surface area contributed by atoms with Crippen molar-refractivity contribution in [3.63, 3.8) is 0 Å². The second-order valence-corrected chi connectivity index (χ2v) is 4.37. The Morgan fingerprint density at radius 2 is 1.95 bits per heavy atom. The van der Waals surface area contributed by atoms with E-state index in [0.29, 0.717) is 12.2 Å². The molecule has 1 N–H and O–H groups in total. The normalized spacial score (nSPS) is 10.1. The number of carboxylic acid groups (broad SMARTS) is 1. The Balaban J connectivity index is 2.12. The van der Waals surface area contributed by atoms with Crippen molar-refractivity contribution < 1.29 is 14.6 Å². The smallest absolute Gasteiger partial charge is 0.354 e. The van der Waals surface area contributed by atoms with Crippen molar-refractivity contribution in [2.24, 2.45) is 0 Å². The molecule has 0 aliphatic heterocycles. The summed E-state index contributed by atoms with van der Waals surface area (Å²) in [6.45, 7) is 0.535. The van der Waals surface area contributed by atoms with Crippen LogP contribution in [0, 0.1) is 0 Å². The van der Waals surface area contributed by atoms with Crippen LogP contribution in [0.1, 0.15) is 16.2 Å². The van der Waals surface area contributed by atoms with Gasteiger partial charge in [0.2, 0.25) is 0 Å². The van der Waals surface area contributed by atoms with Gasteiger partial charge in [-0.2, -0.15) is 0 Å². The minimum Gasteiger partial charge on any atom is -0.497 e. The number of benzene rings is 1. The van der Waals surface area contributed by atoms with E-state index in [9.17, 15) is 4.79 Å². The highest BCUT2D eigenvalue weighted by atomic mass is 16.5. The number of hydrogen-bond donors (Lipinski definition) is 1. The molecule has 0 amide bonds. The number of aromatic nitrogens is 1. The first-order chi connectivity index (χ1) is 9.60. The number of anilines is 1. The predicted octanol–water partition coefficient (Wildman–Crippen LogP) is 2.42. The van der Waals surface area contributed by atoms with Crippen LogP contribution in [0.5, 0.6) is 5.75 Å². The fourth-order valence-electron chi connectivity index (χ4n) is 1.86. The minimum atomic E-state index is -1.01. The van der Waals surface area contributed by atoms with Crippen LogP contribution in [0.4, 0.5) is 5.69 Å². The molecule has 0 spiro atoms. The molecule has 0 fully saturated rings. The number of nitrogens with zero attached hydrogens (tertiary/aromatic N) is 2. The van der Waals surface area contributed by atoms with Gasteiger partial charge in [0.15, 0.2) is 0 Å². The van der Waals surface area contributed by atoms with Crippen molar-refractivity contribution in [1.29, 1.82) is 0 Å². The van der Waals surface area contributed by atoms with Gasteiger partial charge >= 0.3 is 5.97 Å². The molecule has 0 aliphatic rings. The van der Waals surface area contributed by atoms with Gasteiger partial charge in [-0.15, -0.1) is 0 Å². The highest BCUT2D eigenvalue weighted by Gasteiger charge is 2.07. The maximum absolute atomic E-state index is 10.9. The third-order valence-electron chi connectivity index (χ3n) is 2.94. The largest absolute Gasteiger partial charge is 0.497 e. The highest BCUT2D eigenvalue weighted by Crippen LogP contribution is 2.19. The van der Waals surface area contributed by atoms with Crippen molar-refractivity contribution in [2.45, 2.75) is 6.54 Å². The van der Waals surface area contributed by atoms with Crippen molar-refractivity contribution in [1.82, 2.24) is 4.98 Å². The van der Waals surface area contributed by atoms with Gasteiger partial charge in [-0.25, -0.2) is 9.78 Å². The molecule has 5 heteroatoms. The number of hydrogen-bond acceptors (Lipinski definition) is 4. The Morgan fingerprint density at radius 1 is 1.25 bits per heavy atom. The molecule has 2 aromatic rings. The number of carboxylic acids is 1. The maximum Gasteiger partial charge on any atom is 0.354 e. The number of carbonyl (C=O) groups is 1. The summed E-state index contributed by atoms with van der Waals surface area (Å²) in [5.74, 6) is -0.216. The summed E-state index contributed by atoms with van der Waals surface area (Å²) in [5.41, 5.74) is 1.78. The lowest BCUT2D eigenvalue weighted by Crippen LogP contribution is -2.17. The Labute approximate surface area is 117 Å². The van der Waals surface area contributed by atoms with E-state index in [1.54, 1.807) is 13.2 Å². The van der Waals surface area contributed by atoms with Crippen molar-refractivity contribution in [2.75, 3.05) is 19.1 Å². The lowest BCUT2D eigenvalue weighted by molar-refractivity contribution is 0.0690. The van der Waals surface area contributed by atoms with E-state index in [0.717, 1.165) is 11.4 Å². The first kappa shape index (κ1) is 13.9. The maximum atomic E-state index is 10.9. The van der Waals surface area contributed by atoms with E-state index in [2.05, 4.69) is 4.98 Å². The average molecular weight is 272 g/mol. The first-order valence-corrected chi connectivity index (χ1v) is 6.14. The summed E-state index contributed by atoms with van der Waals surface area (Å²) in [6.07, 6.45) is 0. The van der Waals surface area contributed by atoms with Gasteiger partial charge in [0, 0.05) is 12.7 Å². The lowest BCUT2D eigenvalue weighted by atomic mass is 10.2. The molecule has 0 bridgehead atoms. The van der Waals surface area contributed by atoms with E-state index in [4.69, 9.17) is 9.84 Å². The summed E-state index contributed by atoms with van der Waals surface area (Å²) in [7, 11) is 3.55. The van der Waals surface area contributed by atoms with Crippen molar-refractivity contribution >= 4 is 11.7 Å². The van der Waals surface area contributed by atoms with Crippen molar-refractivity contribution in [3.8, 4) is 5.75 Å². The molecule has 1 aromatic heterocycles. The number of rotatable bonds is 5. The van der Waals surface area contributed by atoms with Gasteiger partial charge in [0.1, 0.15) is 11.4 Å². The van der Waals surface area contributed by atoms with E-state index in [1.807, 2.05) is 42.3 Å². The van der Waals surface area contributed by atoms with E-state index in [-0.39, 0.29) is 5.69 Å². The topological polar surface area (TPSA) is 62.7 Å². The van der Waals surface area contributed by atoms with Crippen molar-refractivity contribution in [3.05, 3.63) is 53.9 Å². The van der Waals surface area contributed by atoms with E-state index in [1.165, 1.54) is 6.07 Å². The molecule has 1 aromatic carbocycles. The van der Waals surface area contributed by atoms with Gasteiger partial charge < -0.3 is 14.7 Å². The van der Waals surface area contributed by atoms with Gasteiger partial charge in [0.05, 0.1) is 19.3 Å². The molecular formula is C15H16N2O3. The number of methoxy groups -OCH3 is 1. The van der Waals surface area contributed by atoms with E-state index >= 15 is 0 Å². The molecule has 0 saturated heterocycles. The fraction of sp³-hybridized carbons (Fsp3) is 0.200. The number of ether oxygens (including phenoxy) is 1. The summed E-state index contributed by atoms with van der Waals surface area (Å²) in [6, 6.07) is 12.7. The van der Waals surface area contributed by atoms with Crippen LogP contribution >= 0.6 is 0 Å². The summed E-state index contributed by atoms with van der Waals surface area (Å²) in [4.78, 5) is 17.0. The minimum absolute atomic E-state index is 0.0608. The van der Waals surface area contributed by atoms with Crippen LogP contribution in [0.2, 0.25) is 0 Å². The predicted molar refractivity (Wildman–Crippen MR) is 76.3 cm³/mol. The Hall–Kier alpha value is -2.56. The third-order valence-corrected chi connectivity index (χ3v) is 2.94. The zero-order chi connectivity index (χ0) is 14.5. The SMILES string of the molecule is COc1ccc(N(C)Cc2cccc(C(=O)O)n2)cc1. The zero-order valence-electron chi connectivity index (χ0n) is 11.4. The second kappa shape index (κ2) is 6.06. The van der Waals surface area contributed by atoms with Crippen LogP contribution in [0.3, 0.4) is 0 Å². The number of aromatic carboxylic acids is 1. The monoisotopic (exact) mass is 272 g/mol. The van der Waals surface area contributed by atoms with Gasteiger partial charge in [-0.3, -0.25) is 0 Å². The molecule has 0 atom stereocenters. The summed E-state index contributed by atoms with van der Waals surface area (Å²) in [5, 5.41) is 8.93. The molecule has 0 saturated carbocycles. The average Bonchev–Trinajstić information content (AvgIpc) is 2.47. The van der Waals surface area contributed by atoms with Crippen LogP contribution in [-0.4, -0.2) is 30.2 Å². The highest BCUT2D eigenvalue weighted by molar-refractivity contribution is 5.85. The number of pyridine rings is 1. The Kier molecular flexibility index (Phi) is 4.20. The van der Waals surface area contributed by atoms with Gasteiger partial charge in [-0.05, 0) is 36.4 Å². The Bertz CT molecular complexity index is 596.